The summed E-state index contributed by atoms with van der Waals surface area (Å²) in [4.78, 5) is 4.07. The highest BCUT2D eigenvalue weighted by Crippen LogP contribution is 2.40. The van der Waals surface area contributed by atoms with E-state index in [4.69, 9.17) is 0 Å². The second-order valence-electron chi connectivity index (χ2n) is 4.12. The van der Waals surface area contributed by atoms with Crippen LogP contribution in [0.3, 0.4) is 0 Å². The molecule has 0 fully saturated rings. The number of hydrogen-bond donors (Lipinski definition) is 1. The van der Waals surface area contributed by atoms with Crippen LogP contribution in [0.1, 0.15) is 30.0 Å². The van der Waals surface area contributed by atoms with Crippen molar-refractivity contribution in [2.75, 3.05) is 7.05 Å². The number of rotatable bonds is 4. The van der Waals surface area contributed by atoms with Crippen molar-refractivity contribution in [2.45, 2.75) is 18.9 Å². The standard InChI is InChI=1S/C13H14Br2N2S/c1-8(9-3-5-17-6-4-9)12(16-2)10-7-11(14)18-13(10)15/h3-8,12,16H,1-2H3. The summed E-state index contributed by atoms with van der Waals surface area (Å²) in [5, 5.41) is 3.41. The molecule has 0 aromatic carbocycles. The Labute approximate surface area is 128 Å². The van der Waals surface area contributed by atoms with Gasteiger partial charge in [0, 0.05) is 24.4 Å². The fourth-order valence-corrected chi connectivity index (χ4v) is 5.03. The minimum Gasteiger partial charge on any atom is -0.312 e. The normalized spacial score (nSPS) is 14.4. The predicted octanol–water partition coefficient (Wildman–Crippen LogP) is 4.73. The molecule has 0 amide bonds. The van der Waals surface area contributed by atoms with Gasteiger partial charge in [0.1, 0.15) is 0 Å². The van der Waals surface area contributed by atoms with Gasteiger partial charge in [-0.3, -0.25) is 4.98 Å². The molecule has 0 aliphatic heterocycles. The molecule has 1 N–H and O–H groups in total. The smallest absolute Gasteiger partial charge is 0.0758 e. The molecule has 0 saturated heterocycles. The minimum atomic E-state index is 0.282. The maximum atomic E-state index is 4.07. The van der Waals surface area contributed by atoms with Gasteiger partial charge in [-0.05, 0) is 68.2 Å². The zero-order chi connectivity index (χ0) is 13.1. The lowest BCUT2D eigenvalue weighted by Crippen LogP contribution is -2.22. The Morgan fingerprint density at radius 3 is 2.44 bits per heavy atom. The fraction of sp³-hybridized carbons (Fsp3) is 0.308. The van der Waals surface area contributed by atoms with Crippen molar-refractivity contribution in [3.8, 4) is 0 Å². The summed E-state index contributed by atoms with van der Waals surface area (Å²) in [6.07, 6.45) is 3.69. The van der Waals surface area contributed by atoms with Crippen LogP contribution in [0, 0.1) is 0 Å². The number of nitrogens with zero attached hydrogens (tertiary/aromatic N) is 1. The average molecular weight is 390 g/mol. The van der Waals surface area contributed by atoms with Crippen LogP contribution in [-0.2, 0) is 0 Å². The molecule has 0 radical (unpaired) electrons. The van der Waals surface area contributed by atoms with E-state index in [-0.39, 0.29) is 6.04 Å². The van der Waals surface area contributed by atoms with E-state index in [0.29, 0.717) is 5.92 Å². The van der Waals surface area contributed by atoms with E-state index >= 15 is 0 Å². The molecule has 96 valence electrons. The van der Waals surface area contributed by atoms with Gasteiger partial charge in [0.05, 0.1) is 7.57 Å². The van der Waals surface area contributed by atoms with Crippen LogP contribution in [0.25, 0.3) is 0 Å². The Bertz CT molecular complexity index is 513. The molecule has 0 spiro atoms. The molecule has 2 nitrogen and oxygen atoms in total. The summed E-state index contributed by atoms with van der Waals surface area (Å²) in [7, 11) is 2.00. The zero-order valence-electron chi connectivity index (χ0n) is 10.2. The molecule has 2 aromatic heterocycles. The summed E-state index contributed by atoms with van der Waals surface area (Å²) in [5.41, 5.74) is 2.58. The van der Waals surface area contributed by atoms with Crippen molar-refractivity contribution in [1.29, 1.82) is 0 Å². The van der Waals surface area contributed by atoms with Gasteiger partial charge in [-0.15, -0.1) is 11.3 Å². The molecular formula is C13H14Br2N2S. The largest absolute Gasteiger partial charge is 0.312 e. The second kappa shape index (κ2) is 6.28. The number of nitrogens with one attached hydrogen (secondary N) is 1. The summed E-state index contributed by atoms with van der Waals surface area (Å²) in [5.74, 6) is 0.385. The van der Waals surface area contributed by atoms with Gasteiger partial charge >= 0.3 is 0 Å². The van der Waals surface area contributed by atoms with E-state index in [1.807, 2.05) is 19.4 Å². The number of aromatic nitrogens is 1. The maximum Gasteiger partial charge on any atom is 0.0758 e. The highest BCUT2D eigenvalue weighted by atomic mass is 79.9. The monoisotopic (exact) mass is 388 g/mol. The topological polar surface area (TPSA) is 24.9 Å². The number of thiophene rings is 1. The third-order valence-corrected chi connectivity index (χ3v) is 5.45. The van der Waals surface area contributed by atoms with Crippen LogP contribution in [0.5, 0.6) is 0 Å². The molecule has 18 heavy (non-hydrogen) atoms. The van der Waals surface area contributed by atoms with Crippen LogP contribution in [0.4, 0.5) is 0 Å². The maximum absolute atomic E-state index is 4.07. The van der Waals surface area contributed by atoms with E-state index in [0.717, 1.165) is 3.79 Å². The minimum absolute atomic E-state index is 0.282. The Morgan fingerprint density at radius 2 is 1.94 bits per heavy atom. The van der Waals surface area contributed by atoms with E-state index in [2.05, 4.69) is 67.3 Å². The van der Waals surface area contributed by atoms with E-state index < -0.39 is 0 Å². The Kier molecular flexibility index (Phi) is 4.95. The third-order valence-electron chi connectivity index (χ3n) is 3.06. The van der Waals surface area contributed by atoms with Crippen molar-refractivity contribution >= 4 is 43.2 Å². The Morgan fingerprint density at radius 1 is 1.28 bits per heavy atom. The Balaban J connectivity index is 2.32. The van der Waals surface area contributed by atoms with Crippen LogP contribution in [0.2, 0.25) is 0 Å². The molecular weight excluding hydrogens is 376 g/mol. The molecule has 2 heterocycles. The van der Waals surface area contributed by atoms with Crippen LogP contribution < -0.4 is 5.32 Å². The average Bonchev–Trinajstić information content (AvgIpc) is 2.70. The second-order valence-corrected chi connectivity index (χ2v) is 7.86. The molecule has 5 heteroatoms. The SMILES string of the molecule is CNC(c1cc(Br)sc1Br)C(C)c1ccncc1. The quantitative estimate of drug-likeness (QED) is 0.817. The first kappa shape index (κ1) is 14.2. The van der Waals surface area contributed by atoms with Crippen molar-refractivity contribution in [3.05, 3.63) is 49.3 Å². The Hall–Kier alpha value is -0.230. The van der Waals surface area contributed by atoms with Gasteiger partial charge in [-0.2, -0.15) is 0 Å². The van der Waals surface area contributed by atoms with Gasteiger partial charge in [0.2, 0.25) is 0 Å². The summed E-state index contributed by atoms with van der Waals surface area (Å²) < 4.78 is 2.32. The number of likely N-dealkylation sites (N-methyl/N-ethyl adjacent to an activating group) is 1. The molecule has 0 saturated carbocycles. The van der Waals surface area contributed by atoms with Crippen LogP contribution in [0.15, 0.2) is 38.2 Å². The van der Waals surface area contributed by atoms with Gasteiger partial charge in [-0.25, -0.2) is 0 Å². The zero-order valence-corrected chi connectivity index (χ0v) is 14.1. The first-order chi connectivity index (χ1) is 8.63. The third kappa shape index (κ3) is 3.02. The molecule has 2 aromatic rings. The van der Waals surface area contributed by atoms with E-state index in [9.17, 15) is 0 Å². The van der Waals surface area contributed by atoms with Crippen molar-refractivity contribution in [2.24, 2.45) is 0 Å². The molecule has 0 aliphatic rings. The molecule has 0 bridgehead atoms. The van der Waals surface area contributed by atoms with Gasteiger partial charge < -0.3 is 5.32 Å². The highest BCUT2D eigenvalue weighted by molar-refractivity contribution is 9.12. The highest BCUT2D eigenvalue weighted by Gasteiger charge is 2.22. The predicted molar refractivity (Wildman–Crippen MR) is 84.2 cm³/mol. The van der Waals surface area contributed by atoms with Crippen LogP contribution in [-0.4, -0.2) is 12.0 Å². The van der Waals surface area contributed by atoms with Gasteiger partial charge in [0.15, 0.2) is 0 Å². The lowest BCUT2D eigenvalue weighted by atomic mass is 9.90. The van der Waals surface area contributed by atoms with Crippen molar-refractivity contribution in [3.63, 3.8) is 0 Å². The van der Waals surface area contributed by atoms with Crippen molar-refractivity contribution < 1.29 is 0 Å². The van der Waals surface area contributed by atoms with E-state index in [1.54, 1.807) is 11.3 Å². The number of halogens is 2. The fourth-order valence-electron chi connectivity index (χ4n) is 2.10. The lowest BCUT2D eigenvalue weighted by molar-refractivity contribution is 0.507. The first-order valence-corrected chi connectivity index (χ1v) is 8.05. The molecule has 2 rings (SSSR count). The molecule has 0 aliphatic carbocycles. The summed E-state index contributed by atoms with van der Waals surface area (Å²) in [6.45, 7) is 2.23. The van der Waals surface area contributed by atoms with Gasteiger partial charge in [-0.1, -0.05) is 6.92 Å². The van der Waals surface area contributed by atoms with Gasteiger partial charge in [0.25, 0.3) is 0 Å². The number of hydrogen-bond acceptors (Lipinski definition) is 3. The molecule has 2 atom stereocenters. The lowest BCUT2D eigenvalue weighted by Gasteiger charge is -2.23. The molecule has 2 unspecified atom stereocenters. The first-order valence-electron chi connectivity index (χ1n) is 5.65. The summed E-state index contributed by atoms with van der Waals surface area (Å²) >= 11 is 8.88. The number of pyridine rings is 1. The van der Waals surface area contributed by atoms with E-state index in [1.165, 1.54) is 14.9 Å². The summed E-state index contributed by atoms with van der Waals surface area (Å²) in [6, 6.07) is 6.60. The van der Waals surface area contributed by atoms with Crippen LogP contribution >= 0.6 is 43.2 Å². The van der Waals surface area contributed by atoms with Crippen molar-refractivity contribution in [1.82, 2.24) is 10.3 Å².